The molecule has 0 aliphatic carbocycles. The number of hydrogen-bond acceptors (Lipinski definition) is 4. The molecule has 1 rings (SSSR count). The highest BCUT2D eigenvalue weighted by Crippen LogP contribution is 2.19. The number of rotatable bonds is 12. The lowest BCUT2D eigenvalue weighted by molar-refractivity contribution is -0.143. The van der Waals surface area contributed by atoms with Gasteiger partial charge in [-0.2, -0.15) is 0 Å². The standard InChI is InChI=1S/C21H32O4/c1-4-24-20(22)11-9-7-5-6-8-10-12-21(23)25-19-15-13-18(14-16-19)17(2)3/h13-17H,4-12H2,1-3H3. The van der Waals surface area contributed by atoms with Gasteiger partial charge in [-0.05, 0) is 43.4 Å². The Balaban J connectivity index is 2.04. The second-order valence-electron chi connectivity index (χ2n) is 6.62. The first kappa shape index (κ1) is 21.2. The number of carbonyl (C=O) groups excluding carboxylic acids is 2. The maximum absolute atomic E-state index is 11.8. The monoisotopic (exact) mass is 348 g/mol. The Kier molecular flexibility index (Phi) is 10.6. The molecule has 0 radical (unpaired) electrons. The van der Waals surface area contributed by atoms with Gasteiger partial charge in [-0.3, -0.25) is 9.59 Å². The molecule has 140 valence electrons. The molecule has 0 aromatic heterocycles. The Bertz CT molecular complexity index is 505. The molecule has 25 heavy (non-hydrogen) atoms. The third-order valence-corrected chi connectivity index (χ3v) is 4.10. The minimum atomic E-state index is -0.167. The number of hydrogen-bond donors (Lipinski definition) is 0. The summed E-state index contributed by atoms with van der Waals surface area (Å²) in [5.41, 5.74) is 1.24. The fourth-order valence-electron chi connectivity index (χ4n) is 2.58. The molecule has 0 N–H and O–H groups in total. The fourth-order valence-corrected chi connectivity index (χ4v) is 2.58. The first-order chi connectivity index (χ1) is 12.0. The molecule has 0 unspecified atom stereocenters. The third-order valence-electron chi connectivity index (χ3n) is 4.10. The fraction of sp³-hybridized carbons (Fsp3) is 0.619. The van der Waals surface area contributed by atoms with E-state index in [-0.39, 0.29) is 11.9 Å². The Morgan fingerprint density at radius 2 is 1.36 bits per heavy atom. The summed E-state index contributed by atoms with van der Waals surface area (Å²) in [4.78, 5) is 23.0. The van der Waals surface area contributed by atoms with Gasteiger partial charge in [0.2, 0.25) is 0 Å². The smallest absolute Gasteiger partial charge is 0.311 e. The summed E-state index contributed by atoms with van der Waals surface area (Å²) in [6.45, 7) is 6.55. The molecule has 0 aliphatic rings. The van der Waals surface area contributed by atoms with E-state index in [1.54, 1.807) is 0 Å². The van der Waals surface area contributed by atoms with Crippen LogP contribution in [0.15, 0.2) is 24.3 Å². The van der Waals surface area contributed by atoms with Gasteiger partial charge in [-0.25, -0.2) is 0 Å². The molecule has 0 bridgehead atoms. The Labute approximate surface area is 151 Å². The quantitative estimate of drug-likeness (QED) is 0.288. The van der Waals surface area contributed by atoms with Crippen molar-refractivity contribution in [3.8, 4) is 5.75 Å². The zero-order valence-electron chi connectivity index (χ0n) is 15.9. The van der Waals surface area contributed by atoms with Crippen molar-refractivity contribution >= 4 is 11.9 Å². The van der Waals surface area contributed by atoms with Crippen LogP contribution in [-0.2, 0) is 14.3 Å². The summed E-state index contributed by atoms with van der Waals surface area (Å²) in [6.07, 6.45) is 6.91. The molecule has 4 nitrogen and oxygen atoms in total. The van der Waals surface area contributed by atoms with Crippen molar-refractivity contribution in [3.05, 3.63) is 29.8 Å². The molecule has 0 fully saturated rings. The van der Waals surface area contributed by atoms with E-state index in [1.165, 1.54) is 5.56 Å². The van der Waals surface area contributed by atoms with Crippen molar-refractivity contribution in [1.29, 1.82) is 0 Å². The van der Waals surface area contributed by atoms with Crippen LogP contribution in [0.4, 0.5) is 0 Å². The maximum atomic E-state index is 11.8. The van der Waals surface area contributed by atoms with Crippen LogP contribution in [0.3, 0.4) is 0 Å². The van der Waals surface area contributed by atoms with Crippen LogP contribution < -0.4 is 4.74 Å². The lowest BCUT2D eigenvalue weighted by Crippen LogP contribution is -2.07. The van der Waals surface area contributed by atoms with Gasteiger partial charge in [0.15, 0.2) is 0 Å². The van der Waals surface area contributed by atoms with E-state index in [2.05, 4.69) is 13.8 Å². The number of unbranched alkanes of at least 4 members (excludes halogenated alkanes) is 5. The molecule has 1 aromatic carbocycles. The van der Waals surface area contributed by atoms with Gasteiger partial charge in [0.1, 0.15) is 5.75 Å². The van der Waals surface area contributed by atoms with E-state index < -0.39 is 0 Å². The normalized spacial score (nSPS) is 10.7. The van der Waals surface area contributed by atoms with Crippen molar-refractivity contribution < 1.29 is 19.1 Å². The second-order valence-corrected chi connectivity index (χ2v) is 6.62. The van der Waals surface area contributed by atoms with Crippen LogP contribution in [0.25, 0.3) is 0 Å². The first-order valence-electron chi connectivity index (χ1n) is 9.49. The second kappa shape index (κ2) is 12.5. The molecular weight excluding hydrogens is 316 g/mol. The summed E-state index contributed by atoms with van der Waals surface area (Å²) in [5, 5.41) is 0. The number of benzene rings is 1. The molecule has 0 aliphatic heterocycles. The lowest BCUT2D eigenvalue weighted by Gasteiger charge is -2.07. The number of carbonyl (C=O) groups is 2. The zero-order valence-corrected chi connectivity index (χ0v) is 15.9. The summed E-state index contributed by atoms with van der Waals surface area (Å²) in [5.74, 6) is 0.821. The molecule has 0 spiro atoms. The van der Waals surface area contributed by atoms with Crippen molar-refractivity contribution in [1.82, 2.24) is 0 Å². The van der Waals surface area contributed by atoms with E-state index >= 15 is 0 Å². The van der Waals surface area contributed by atoms with Gasteiger partial charge in [-0.1, -0.05) is 51.7 Å². The van der Waals surface area contributed by atoms with Crippen LogP contribution in [0.2, 0.25) is 0 Å². The predicted octanol–water partition coefficient (Wildman–Crippen LogP) is 5.40. The molecule has 0 saturated carbocycles. The molecule has 1 aromatic rings. The summed E-state index contributed by atoms with van der Waals surface area (Å²) < 4.78 is 10.2. The van der Waals surface area contributed by atoms with Crippen molar-refractivity contribution in [2.45, 2.75) is 78.1 Å². The predicted molar refractivity (Wildman–Crippen MR) is 99.7 cm³/mol. The highest BCUT2D eigenvalue weighted by Gasteiger charge is 2.06. The van der Waals surface area contributed by atoms with E-state index in [0.717, 1.165) is 38.5 Å². The van der Waals surface area contributed by atoms with Crippen LogP contribution in [0.5, 0.6) is 5.75 Å². The van der Waals surface area contributed by atoms with E-state index in [9.17, 15) is 9.59 Å². The van der Waals surface area contributed by atoms with Gasteiger partial charge < -0.3 is 9.47 Å². The SMILES string of the molecule is CCOC(=O)CCCCCCCCC(=O)Oc1ccc(C(C)C)cc1. The van der Waals surface area contributed by atoms with Gasteiger partial charge in [0, 0.05) is 12.8 Å². The average Bonchev–Trinajstić information content (AvgIpc) is 2.58. The van der Waals surface area contributed by atoms with Gasteiger partial charge >= 0.3 is 11.9 Å². The lowest BCUT2D eigenvalue weighted by atomic mass is 10.0. The Morgan fingerprint density at radius 1 is 0.840 bits per heavy atom. The van der Waals surface area contributed by atoms with Gasteiger partial charge in [-0.15, -0.1) is 0 Å². The molecular formula is C21H32O4. The Morgan fingerprint density at radius 3 is 1.88 bits per heavy atom. The molecule has 4 heteroatoms. The molecule has 0 saturated heterocycles. The van der Waals surface area contributed by atoms with Gasteiger partial charge in [0.25, 0.3) is 0 Å². The van der Waals surface area contributed by atoms with Crippen LogP contribution in [0, 0.1) is 0 Å². The largest absolute Gasteiger partial charge is 0.466 e. The van der Waals surface area contributed by atoms with Crippen molar-refractivity contribution in [2.75, 3.05) is 6.61 Å². The maximum Gasteiger partial charge on any atom is 0.311 e. The molecule has 0 heterocycles. The minimum absolute atomic E-state index is 0.105. The highest BCUT2D eigenvalue weighted by molar-refractivity contribution is 5.72. The topological polar surface area (TPSA) is 52.6 Å². The minimum Gasteiger partial charge on any atom is -0.466 e. The van der Waals surface area contributed by atoms with Gasteiger partial charge in [0.05, 0.1) is 6.61 Å². The molecule has 0 atom stereocenters. The van der Waals surface area contributed by atoms with Crippen LogP contribution in [0.1, 0.15) is 83.6 Å². The summed E-state index contributed by atoms with van der Waals surface area (Å²) >= 11 is 0. The Hall–Kier alpha value is -1.84. The van der Waals surface area contributed by atoms with E-state index in [1.807, 2.05) is 31.2 Å². The zero-order chi connectivity index (χ0) is 18.5. The number of ether oxygens (including phenoxy) is 2. The average molecular weight is 348 g/mol. The molecule has 0 amide bonds. The van der Waals surface area contributed by atoms with E-state index in [4.69, 9.17) is 9.47 Å². The summed E-state index contributed by atoms with van der Waals surface area (Å²) in [7, 11) is 0. The van der Waals surface area contributed by atoms with Crippen LogP contribution >= 0.6 is 0 Å². The van der Waals surface area contributed by atoms with Crippen LogP contribution in [-0.4, -0.2) is 18.5 Å². The third kappa shape index (κ3) is 9.90. The first-order valence-corrected chi connectivity index (χ1v) is 9.49. The highest BCUT2D eigenvalue weighted by atomic mass is 16.5. The van der Waals surface area contributed by atoms with Crippen molar-refractivity contribution in [3.63, 3.8) is 0 Å². The number of esters is 2. The summed E-state index contributed by atoms with van der Waals surface area (Å²) in [6, 6.07) is 7.72. The van der Waals surface area contributed by atoms with Crippen molar-refractivity contribution in [2.24, 2.45) is 0 Å². The van der Waals surface area contributed by atoms with E-state index in [0.29, 0.717) is 31.1 Å².